The van der Waals surface area contributed by atoms with Crippen LogP contribution in [-0.4, -0.2) is 33.3 Å². The zero-order chi connectivity index (χ0) is 16.5. The van der Waals surface area contributed by atoms with Crippen LogP contribution in [0.15, 0.2) is 42.0 Å². The van der Waals surface area contributed by atoms with Gasteiger partial charge in [0.05, 0.1) is 18.3 Å². The molecule has 0 aliphatic carbocycles. The minimum atomic E-state index is -0.0818. The summed E-state index contributed by atoms with van der Waals surface area (Å²) in [5.74, 6) is 0.0539. The highest BCUT2D eigenvalue weighted by Crippen LogP contribution is 2.19. The summed E-state index contributed by atoms with van der Waals surface area (Å²) < 4.78 is 1.99. The van der Waals surface area contributed by atoms with Crippen LogP contribution in [0.3, 0.4) is 0 Å². The van der Waals surface area contributed by atoms with E-state index in [2.05, 4.69) is 39.5 Å². The summed E-state index contributed by atoms with van der Waals surface area (Å²) >= 11 is 1.60. The van der Waals surface area contributed by atoms with Gasteiger partial charge < -0.3 is 5.32 Å². The predicted octanol–water partition coefficient (Wildman–Crippen LogP) is 2.63. The second kappa shape index (κ2) is 6.37. The molecule has 1 atom stereocenters. The zero-order valence-electron chi connectivity index (χ0n) is 13.6. The molecule has 0 saturated carbocycles. The van der Waals surface area contributed by atoms with Crippen molar-refractivity contribution in [1.29, 1.82) is 0 Å². The van der Waals surface area contributed by atoms with Gasteiger partial charge in [0.15, 0.2) is 4.96 Å². The molecule has 2 aromatic heterocycles. The highest BCUT2D eigenvalue weighted by molar-refractivity contribution is 7.15. The molecule has 124 valence electrons. The number of nitrogens with one attached hydrogen (secondary N) is 1. The Morgan fingerprint density at radius 3 is 3.04 bits per heavy atom. The van der Waals surface area contributed by atoms with Gasteiger partial charge in [-0.25, -0.2) is 4.98 Å². The average Bonchev–Trinajstić information content (AvgIpc) is 3.16. The lowest BCUT2D eigenvalue weighted by molar-refractivity contribution is -0.123. The molecule has 1 unspecified atom stereocenters. The van der Waals surface area contributed by atoms with Gasteiger partial charge in [0.25, 0.3) is 0 Å². The molecule has 0 radical (unpaired) electrons. The second-order valence-corrected chi connectivity index (χ2v) is 7.15. The molecule has 3 aromatic rings. The van der Waals surface area contributed by atoms with E-state index in [1.807, 2.05) is 29.1 Å². The van der Waals surface area contributed by atoms with Crippen molar-refractivity contribution in [2.24, 2.45) is 0 Å². The molecule has 6 heteroatoms. The molecular weight excluding hydrogens is 320 g/mol. The summed E-state index contributed by atoms with van der Waals surface area (Å²) in [5, 5.41) is 5.07. The Bertz CT molecular complexity index is 840. The Morgan fingerprint density at radius 2 is 2.21 bits per heavy atom. The van der Waals surface area contributed by atoms with Gasteiger partial charge >= 0.3 is 0 Å². The van der Waals surface area contributed by atoms with E-state index in [4.69, 9.17) is 0 Å². The first kappa shape index (κ1) is 15.4. The summed E-state index contributed by atoms with van der Waals surface area (Å²) in [6.07, 6.45) is 4.97. The fourth-order valence-electron chi connectivity index (χ4n) is 3.21. The maximum Gasteiger partial charge on any atom is 0.234 e. The van der Waals surface area contributed by atoms with Gasteiger partial charge in [-0.3, -0.25) is 14.1 Å². The molecule has 1 N–H and O–H groups in total. The minimum absolute atomic E-state index is 0.0539. The van der Waals surface area contributed by atoms with Gasteiger partial charge in [-0.15, -0.1) is 11.3 Å². The Morgan fingerprint density at radius 1 is 1.38 bits per heavy atom. The Balaban J connectivity index is 1.36. The van der Waals surface area contributed by atoms with E-state index in [9.17, 15) is 4.79 Å². The van der Waals surface area contributed by atoms with Gasteiger partial charge in [-0.05, 0) is 24.5 Å². The predicted molar refractivity (Wildman–Crippen MR) is 95.0 cm³/mol. The van der Waals surface area contributed by atoms with Gasteiger partial charge in [0.2, 0.25) is 5.91 Å². The number of thiazole rings is 1. The number of nitrogens with zero attached hydrogens (tertiary/aromatic N) is 3. The van der Waals surface area contributed by atoms with Gasteiger partial charge in [0, 0.05) is 30.9 Å². The summed E-state index contributed by atoms with van der Waals surface area (Å²) in [4.78, 5) is 20.1. The number of carbonyl (C=O) groups is 1. The SMILES string of the molecule is CC(NC(=O)CN1CCc2ccccc2C1)c1cn2ccsc2n1. The van der Waals surface area contributed by atoms with Crippen LogP contribution in [-0.2, 0) is 17.8 Å². The Hall–Kier alpha value is -2.18. The number of amides is 1. The zero-order valence-corrected chi connectivity index (χ0v) is 14.4. The first-order chi connectivity index (χ1) is 11.7. The van der Waals surface area contributed by atoms with Crippen LogP contribution >= 0.6 is 11.3 Å². The van der Waals surface area contributed by atoms with E-state index in [1.165, 1.54) is 11.1 Å². The molecule has 3 heterocycles. The minimum Gasteiger partial charge on any atom is -0.347 e. The van der Waals surface area contributed by atoms with Crippen molar-refractivity contribution < 1.29 is 4.79 Å². The van der Waals surface area contributed by atoms with Crippen LogP contribution in [0.4, 0.5) is 0 Å². The maximum atomic E-state index is 12.4. The van der Waals surface area contributed by atoms with Crippen molar-refractivity contribution in [3.63, 3.8) is 0 Å². The molecular formula is C18H20N4OS. The van der Waals surface area contributed by atoms with Crippen LogP contribution in [0, 0.1) is 0 Å². The number of benzene rings is 1. The number of fused-ring (bicyclic) bond motifs is 2. The number of imidazole rings is 1. The van der Waals surface area contributed by atoms with Crippen molar-refractivity contribution >= 4 is 22.2 Å². The Kier molecular flexibility index (Phi) is 4.08. The molecule has 1 aromatic carbocycles. The van der Waals surface area contributed by atoms with Gasteiger partial charge in [0.1, 0.15) is 0 Å². The van der Waals surface area contributed by atoms with Crippen LogP contribution in [0.1, 0.15) is 29.8 Å². The summed E-state index contributed by atoms with van der Waals surface area (Å²) in [7, 11) is 0. The molecule has 1 amide bonds. The summed E-state index contributed by atoms with van der Waals surface area (Å²) in [6.45, 7) is 4.19. The lowest BCUT2D eigenvalue weighted by Crippen LogP contribution is -2.40. The van der Waals surface area contributed by atoms with Crippen LogP contribution < -0.4 is 5.32 Å². The van der Waals surface area contributed by atoms with Crippen molar-refractivity contribution in [2.45, 2.75) is 25.9 Å². The molecule has 0 saturated heterocycles. The fourth-order valence-corrected chi connectivity index (χ4v) is 3.91. The van der Waals surface area contributed by atoms with Crippen molar-refractivity contribution in [3.05, 3.63) is 58.9 Å². The first-order valence-corrected chi connectivity index (χ1v) is 9.07. The molecule has 0 bridgehead atoms. The van der Waals surface area contributed by atoms with E-state index in [0.29, 0.717) is 6.54 Å². The molecule has 0 spiro atoms. The molecule has 5 nitrogen and oxygen atoms in total. The van der Waals surface area contributed by atoms with Gasteiger partial charge in [-0.1, -0.05) is 24.3 Å². The van der Waals surface area contributed by atoms with Crippen molar-refractivity contribution in [1.82, 2.24) is 19.6 Å². The third-order valence-corrected chi connectivity index (χ3v) is 5.28. The van der Waals surface area contributed by atoms with Crippen LogP contribution in [0.25, 0.3) is 4.96 Å². The lowest BCUT2D eigenvalue weighted by atomic mass is 10.00. The van der Waals surface area contributed by atoms with E-state index in [-0.39, 0.29) is 11.9 Å². The third-order valence-electron chi connectivity index (χ3n) is 4.51. The number of hydrogen-bond donors (Lipinski definition) is 1. The molecule has 1 aliphatic rings. The largest absolute Gasteiger partial charge is 0.347 e. The topological polar surface area (TPSA) is 49.6 Å². The van der Waals surface area contributed by atoms with E-state index < -0.39 is 0 Å². The van der Waals surface area contributed by atoms with Gasteiger partial charge in [-0.2, -0.15) is 0 Å². The van der Waals surface area contributed by atoms with Crippen LogP contribution in [0.5, 0.6) is 0 Å². The first-order valence-electron chi connectivity index (χ1n) is 8.19. The van der Waals surface area contributed by atoms with Crippen molar-refractivity contribution in [2.75, 3.05) is 13.1 Å². The summed E-state index contributed by atoms with van der Waals surface area (Å²) in [6, 6.07) is 8.40. The maximum absolute atomic E-state index is 12.4. The number of carbonyl (C=O) groups excluding carboxylic acids is 1. The van der Waals surface area contributed by atoms with Crippen LogP contribution in [0.2, 0.25) is 0 Å². The number of hydrogen-bond acceptors (Lipinski definition) is 4. The highest BCUT2D eigenvalue weighted by atomic mass is 32.1. The monoisotopic (exact) mass is 340 g/mol. The second-order valence-electron chi connectivity index (χ2n) is 6.28. The number of aromatic nitrogens is 2. The van der Waals surface area contributed by atoms with E-state index in [1.54, 1.807) is 11.3 Å². The van der Waals surface area contributed by atoms with E-state index in [0.717, 1.165) is 30.2 Å². The number of rotatable bonds is 4. The highest BCUT2D eigenvalue weighted by Gasteiger charge is 2.20. The molecule has 4 rings (SSSR count). The quantitative estimate of drug-likeness (QED) is 0.794. The lowest BCUT2D eigenvalue weighted by Gasteiger charge is -2.28. The standard InChI is InChI=1S/C18H20N4OS/c1-13(16-11-22-8-9-24-18(22)20-16)19-17(23)12-21-7-6-14-4-2-3-5-15(14)10-21/h2-5,8-9,11,13H,6-7,10,12H2,1H3,(H,19,23). The molecule has 1 aliphatic heterocycles. The third kappa shape index (κ3) is 3.07. The normalized spacial score (nSPS) is 16.0. The Labute approximate surface area is 144 Å². The smallest absolute Gasteiger partial charge is 0.234 e. The van der Waals surface area contributed by atoms with Crippen molar-refractivity contribution in [3.8, 4) is 0 Å². The summed E-state index contributed by atoms with van der Waals surface area (Å²) in [5.41, 5.74) is 3.64. The molecule has 0 fully saturated rings. The fraction of sp³-hybridized carbons (Fsp3) is 0.333. The average molecular weight is 340 g/mol. The van der Waals surface area contributed by atoms with E-state index >= 15 is 0 Å². The molecule has 24 heavy (non-hydrogen) atoms.